The van der Waals surface area contributed by atoms with Crippen LogP contribution in [0.3, 0.4) is 0 Å². The molecule has 0 aliphatic rings. The minimum absolute atomic E-state index is 0.143. The quantitative estimate of drug-likeness (QED) is 0.544. The number of hydrogen-bond acceptors (Lipinski definition) is 6. The number of methoxy groups -OCH3 is 1. The largest absolute Gasteiger partial charge is 0.426 e. The van der Waals surface area contributed by atoms with Gasteiger partial charge >= 0.3 is 6.18 Å². The van der Waals surface area contributed by atoms with E-state index in [-0.39, 0.29) is 34.0 Å². The summed E-state index contributed by atoms with van der Waals surface area (Å²) in [6.45, 7) is 0.0935. The SMILES string of the molecule is COCC(=O)Nc1ccc(S(=O)(=O)c2ccc(NC(=O)C(C)(O)C(F)(F)F)c(Cl)c2)cc1. The Balaban J connectivity index is 2.24. The summed E-state index contributed by atoms with van der Waals surface area (Å²) in [4.78, 5) is 22.9. The molecule has 174 valence electrons. The smallest absolute Gasteiger partial charge is 0.375 e. The van der Waals surface area contributed by atoms with Crippen molar-refractivity contribution < 1.29 is 41.0 Å². The number of nitrogens with one attached hydrogen (secondary N) is 2. The molecular formula is C19H18ClF3N2O6S. The van der Waals surface area contributed by atoms with Gasteiger partial charge in [-0.25, -0.2) is 8.42 Å². The van der Waals surface area contributed by atoms with Gasteiger partial charge in [0.1, 0.15) is 6.61 Å². The topological polar surface area (TPSA) is 122 Å². The number of carbonyl (C=O) groups excluding carboxylic acids is 2. The molecule has 2 aromatic carbocycles. The highest BCUT2D eigenvalue weighted by Crippen LogP contribution is 2.33. The van der Waals surface area contributed by atoms with Crippen LogP contribution in [-0.4, -0.2) is 50.8 Å². The second kappa shape index (κ2) is 9.45. The predicted octanol–water partition coefficient (Wildman–Crippen LogP) is 3.01. The molecule has 0 aromatic heterocycles. The first kappa shape index (κ1) is 25.6. The Morgan fingerprint density at radius 1 is 1.06 bits per heavy atom. The van der Waals surface area contributed by atoms with Crippen LogP contribution >= 0.6 is 11.6 Å². The lowest BCUT2D eigenvalue weighted by molar-refractivity contribution is -0.242. The zero-order valence-electron chi connectivity index (χ0n) is 16.7. The van der Waals surface area contributed by atoms with Gasteiger partial charge in [0.05, 0.1) is 20.5 Å². The van der Waals surface area contributed by atoms with Gasteiger partial charge in [0.25, 0.3) is 5.91 Å². The molecule has 3 N–H and O–H groups in total. The van der Waals surface area contributed by atoms with Crippen molar-refractivity contribution in [1.82, 2.24) is 0 Å². The standard InChI is InChI=1S/C19H18ClF3N2O6S/c1-18(28,19(21,22)23)17(27)25-15-8-7-13(9-14(15)20)32(29,30)12-5-3-11(4-6-12)24-16(26)10-31-2/h3-9,28H,10H2,1-2H3,(H,24,26)(H,25,27). The summed E-state index contributed by atoms with van der Waals surface area (Å²) in [7, 11) is -2.73. The number of anilines is 2. The molecule has 1 unspecified atom stereocenters. The molecule has 2 rings (SSSR count). The second-order valence-corrected chi connectivity index (χ2v) is 9.03. The Morgan fingerprint density at radius 2 is 1.62 bits per heavy atom. The van der Waals surface area contributed by atoms with Crippen LogP contribution in [0.2, 0.25) is 5.02 Å². The summed E-state index contributed by atoms with van der Waals surface area (Å²) in [6.07, 6.45) is -5.23. The van der Waals surface area contributed by atoms with E-state index in [0.717, 1.165) is 18.2 Å². The number of ether oxygens (including phenoxy) is 1. The molecular weight excluding hydrogens is 477 g/mol. The van der Waals surface area contributed by atoms with E-state index in [1.54, 1.807) is 0 Å². The van der Waals surface area contributed by atoms with Gasteiger partial charge < -0.3 is 20.5 Å². The number of hydrogen-bond donors (Lipinski definition) is 3. The average Bonchev–Trinajstić information content (AvgIpc) is 2.69. The van der Waals surface area contributed by atoms with Crippen molar-refractivity contribution in [2.75, 3.05) is 24.4 Å². The van der Waals surface area contributed by atoms with Crippen molar-refractivity contribution in [3.8, 4) is 0 Å². The molecule has 0 fully saturated rings. The summed E-state index contributed by atoms with van der Waals surface area (Å²) in [5.41, 5.74) is -3.67. The van der Waals surface area contributed by atoms with Crippen molar-refractivity contribution in [2.24, 2.45) is 0 Å². The van der Waals surface area contributed by atoms with Crippen LogP contribution in [-0.2, 0) is 24.2 Å². The maximum atomic E-state index is 12.8. The highest BCUT2D eigenvalue weighted by molar-refractivity contribution is 7.91. The van der Waals surface area contributed by atoms with Gasteiger partial charge in [0.15, 0.2) is 0 Å². The van der Waals surface area contributed by atoms with E-state index >= 15 is 0 Å². The summed E-state index contributed by atoms with van der Waals surface area (Å²) < 4.78 is 68.6. The number of aliphatic hydroxyl groups is 1. The van der Waals surface area contributed by atoms with Crippen molar-refractivity contribution in [3.05, 3.63) is 47.5 Å². The van der Waals surface area contributed by atoms with Crippen LogP contribution in [0.1, 0.15) is 6.92 Å². The third-order valence-electron chi connectivity index (χ3n) is 4.22. The lowest BCUT2D eigenvalue weighted by atomic mass is 10.1. The van der Waals surface area contributed by atoms with Crippen LogP contribution in [0, 0.1) is 0 Å². The lowest BCUT2D eigenvalue weighted by Gasteiger charge is -2.25. The first-order chi connectivity index (χ1) is 14.7. The zero-order chi connectivity index (χ0) is 24.3. The molecule has 0 aliphatic carbocycles. The Hall–Kier alpha value is -2.67. The molecule has 13 heteroatoms. The van der Waals surface area contributed by atoms with Crippen molar-refractivity contribution >= 4 is 44.6 Å². The summed E-state index contributed by atoms with van der Waals surface area (Å²) >= 11 is 5.94. The Kier molecular flexibility index (Phi) is 7.55. The van der Waals surface area contributed by atoms with Crippen LogP contribution in [0.25, 0.3) is 0 Å². The van der Waals surface area contributed by atoms with Gasteiger partial charge in [-0.1, -0.05) is 11.6 Å². The summed E-state index contributed by atoms with van der Waals surface area (Å²) in [6, 6.07) is 8.17. The molecule has 0 spiro atoms. The monoisotopic (exact) mass is 494 g/mol. The number of rotatable bonds is 7. The van der Waals surface area contributed by atoms with Gasteiger partial charge in [-0.2, -0.15) is 13.2 Å². The fraction of sp³-hybridized carbons (Fsp3) is 0.263. The molecule has 2 aromatic rings. The van der Waals surface area contributed by atoms with Crippen molar-refractivity contribution in [2.45, 2.75) is 28.5 Å². The van der Waals surface area contributed by atoms with Gasteiger partial charge in [-0.05, 0) is 49.4 Å². The van der Waals surface area contributed by atoms with Crippen molar-refractivity contribution in [3.63, 3.8) is 0 Å². The maximum absolute atomic E-state index is 12.8. The summed E-state index contributed by atoms with van der Waals surface area (Å²) in [5.74, 6) is -2.22. The zero-order valence-corrected chi connectivity index (χ0v) is 18.2. The van der Waals surface area contributed by atoms with E-state index in [1.165, 1.54) is 31.4 Å². The molecule has 8 nitrogen and oxygen atoms in total. The molecule has 0 heterocycles. The Bertz CT molecular complexity index is 1120. The molecule has 2 amide bonds. The average molecular weight is 495 g/mol. The van der Waals surface area contributed by atoms with Gasteiger partial charge in [-0.3, -0.25) is 9.59 Å². The van der Waals surface area contributed by atoms with E-state index in [0.29, 0.717) is 5.69 Å². The van der Waals surface area contributed by atoms with Crippen LogP contribution in [0.15, 0.2) is 52.3 Å². The molecule has 0 saturated carbocycles. The van der Waals surface area contributed by atoms with E-state index in [9.17, 15) is 36.3 Å². The van der Waals surface area contributed by atoms with E-state index in [4.69, 9.17) is 11.6 Å². The van der Waals surface area contributed by atoms with Crippen LogP contribution in [0.5, 0.6) is 0 Å². The van der Waals surface area contributed by atoms with Gasteiger partial charge in [0.2, 0.25) is 21.3 Å². The predicted molar refractivity (Wildman–Crippen MR) is 109 cm³/mol. The van der Waals surface area contributed by atoms with Crippen LogP contribution < -0.4 is 10.6 Å². The molecule has 0 radical (unpaired) electrons. The summed E-state index contributed by atoms with van der Waals surface area (Å²) in [5, 5.41) is 13.4. The molecule has 1 atom stereocenters. The molecule has 0 bridgehead atoms. The lowest BCUT2D eigenvalue weighted by Crippen LogP contribution is -2.52. The number of sulfone groups is 1. The number of halogens is 4. The van der Waals surface area contributed by atoms with E-state index in [2.05, 4.69) is 10.1 Å². The highest BCUT2D eigenvalue weighted by atomic mass is 35.5. The van der Waals surface area contributed by atoms with Crippen LogP contribution in [0.4, 0.5) is 24.5 Å². The first-order valence-electron chi connectivity index (χ1n) is 8.74. The maximum Gasteiger partial charge on any atom is 0.426 e. The fourth-order valence-electron chi connectivity index (χ4n) is 2.32. The minimum atomic E-state index is -5.23. The number of alkyl halides is 3. The van der Waals surface area contributed by atoms with Crippen molar-refractivity contribution in [1.29, 1.82) is 0 Å². The Labute approximate surface area is 186 Å². The fourth-order valence-corrected chi connectivity index (χ4v) is 3.90. The third kappa shape index (κ3) is 5.57. The molecule has 0 saturated heterocycles. The van der Waals surface area contributed by atoms with E-state index in [1.807, 2.05) is 5.32 Å². The number of benzene rings is 2. The first-order valence-corrected chi connectivity index (χ1v) is 10.6. The molecule has 0 aliphatic heterocycles. The molecule has 32 heavy (non-hydrogen) atoms. The normalized spacial score (nSPS) is 13.8. The second-order valence-electron chi connectivity index (χ2n) is 6.67. The van der Waals surface area contributed by atoms with E-state index < -0.39 is 33.4 Å². The number of amides is 2. The highest BCUT2D eigenvalue weighted by Gasteiger charge is 2.55. The van der Waals surface area contributed by atoms with Gasteiger partial charge in [0, 0.05) is 12.8 Å². The third-order valence-corrected chi connectivity index (χ3v) is 6.30. The minimum Gasteiger partial charge on any atom is -0.375 e. The number of carbonyl (C=O) groups is 2. The Morgan fingerprint density at radius 3 is 2.12 bits per heavy atom. The van der Waals surface area contributed by atoms with Gasteiger partial charge in [-0.15, -0.1) is 0 Å².